The van der Waals surface area contributed by atoms with Crippen LogP contribution in [0, 0.1) is 0 Å². The monoisotopic (exact) mass is 245 g/mol. The van der Waals surface area contributed by atoms with Crippen molar-refractivity contribution in [3.8, 4) is 0 Å². The van der Waals surface area contributed by atoms with Crippen LogP contribution in [-0.4, -0.2) is 50.2 Å². The molecule has 0 aromatic rings. The lowest BCUT2D eigenvalue weighted by Gasteiger charge is -2.30. The van der Waals surface area contributed by atoms with E-state index in [0.717, 1.165) is 51.9 Å². The average Bonchev–Trinajstić information content (AvgIpc) is 2.88. The molecular weight excluding hydrogens is 218 g/mol. The highest BCUT2D eigenvalue weighted by Gasteiger charge is 2.24. The molecular formula is C13H27NO3. The summed E-state index contributed by atoms with van der Waals surface area (Å²) >= 11 is 0. The minimum Gasteiger partial charge on any atom is -0.394 e. The second-order valence-electron chi connectivity index (χ2n) is 4.86. The maximum Gasteiger partial charge on any atom is 0.0809 e. The molecule has 1 saturated heterocycles. The number of rotatable bonds is 9. The van der Waals surface area contributed by atoms with Crippen LogP contribution < -0.4 is 5.32 Å². The van der Waals surface area contributed by atoms with E-state index >= 15 is 0 Å². The lowest BCUT2D eigenvalue weighted by Crippen LogP contribution is -2.46. The summed E-state index contributed by atoms with van der Waals surface area (Å²) in [6.07, 6.45) is 5.46. The summed E-state index contributed by atoms with van der Waals surface area (Å²) in [5, 5.41) is 12.6. The first-order valence-corrected chi connectivity index (χ1v) is 6.75. The number of hydrogen-bond donors (Lipinski definition) is 2. The van der Waals surface area contributed by atoms with Gasteiger partial charge in [0.2, 0.25) is 0 Å². The van der Waals surface area contributed by atoms with Gasteiger partial charge in [0.05, 0.1) is 19.3 Å². The Bertz CT molecular complexity index is 181. The van der Waals surface area contributed by atoms with E-state index in [1.54, 1.807) is 0 Å². The normalized spacial score (nSPS) is 23.8. The van der Waals surface area contributed by atoms with E-state index in [4.69, 9.17) is 9.47 Å². The van der Waals surface area contributed by atoms with E-state index in [0.29, 0.717) is 6.10 Å². The quantitative estimate of drug-likeness (QED) is 0.602. The second kappa shape index (κ2) is 8.03. The van der Waals surface area contributed by atoms with E-state index in [-0.39, 0.29) is 12.1 Å². The molecule has 0 aromatic carbocycles. The molecule has 0 amide bonds. The van der Waals surface area contributed by atoms with Gasteiger partial charge in [-0.05, 0) is 39.2 Å². The first-order chi connectivity index (χ1) is 8.26. The topological polar surface area (TPSA) is 50.7 Å². The van der Waals surface area contributed by atoms with Gasteiger partial charge in [0.25, 0.3) is 0 Å². The van der Waals surface area contributed by atoms with Crippen molar-refractivity contribution >= 4 is 0 Å². The SMILES string of the molecule is CCC(CO)(CCCOCC1CCCO1)NC. The van der Waals surface area contributed by atoms with Gasteiger partial charge < -0.3 is 19.9 Å². The Morgan fingerprint density at radius 2 is 2.35 bits per heavy atom. The number of aliphatic hydroxyl groups is 1. The molecule has 4 nitrogen and oxygen atoms in total. The molecule has 1 rings (SSSR count). The molecule has 0 aliphatic carbocycles. The highest BCUT2D eigenvalue weighted by atomic mass is 16.5. The fourth-order valence-corrected chi connectivity index (χ4v) is 2.25. The molecule has 0 spiro atoms. The fourth-order valence-electron chi connectivity index (χ4n) is 2.25. The molecule has 1 aliphatic heterocycles. The zero-order valence-corrected chi connectivity index (χ0v) is 11.2. The summed E-state index contributed by atoms with van der Waals surface area (Å²) in [5.41, 5.74) is -0.132. The zero-order chi connectivity index (χ0) is 12.6. The van der Waals surface area contributed by atoms with Gasteiger partial charge in [-0.1, -0.05) is 6.92 Å². The summed E-state index contributed by atoms with van der Waals surface area (Å²) in [5.74, 6) is 0. The van der Waals surface area contributed by atoms with E-state index in [1.807, 2.05) is 7.05 Å². The van der Waals surface area contributed by atoms with E-state index in [1.165, 1.54) is 0 Å². The Balaban J connectivity index is 2.05. The molecule has 102 valence electrons. The Kier molecular flexibility index (Phi) is 7.04. The molecule has 17 heavy (non-hydrogen) atoms. The maximum absolute atomic E-state index is 9.38. The van der Waals surface area contributed by atoms with Gasteiger partial charge in [-0.15, -0.1) is 0 Å². The Hall–Kier alpha value is -0.160. The lowest BCUT2D eigenvalue weighted by molar-refractivity contribution is 0.0134. The zero-order valence-electron chi connectivity index (χ0n) is 11.2. The van der Waals surface area contributed by atoms with Gasteiger partial charge in [0.15, 0.2) is 0 Å². The van der Waals surface area contributed by atoms with Crippen LogP contribution in [0.4, 0.5) is 0 Å². The first-order valence-electron chi connectivity index (χ1n) is 6.75. The summed E-state index contributed by atoms with van der Waals surface area (Å²) in [7, 11) is 1.91. The number of nitrogens with one attached hydrogen (secondary N) is 1. The lowest BCUT2D eigenvalue weighted by atomic mass is 9.92. The average molecular weight is 245 g/mol. The van der Waals surface area contributed by atoms with Gasteiger partial charge in [-0.25, -0.2) is 0 Å². The number of aliphatic hydroxyl groups excluding tert-OH is 1. The van der Waals surface area contributed by atoms with Crippen LogP contribution in [-0.2, 0) is 9.47 Å². The molecule has 2 unspecified atom stereocenters. The number of hydrogen-bond acceptors (Lipinski definition) is 4. The van der Waals surface area contributed by atoms with Crippen LogP contribution in [0.2, 0.25) is 0 Å². The molecule has 1 fully saturated rings. The van der Waals surface area contributed by atoms with Crippen LogP contribution in [0.3, 0.4) is 0 Å². The molecule has 1 aliphatic rings. The Morgan fingerprint density at radius 1 is 1.53 bits per heavy atom. The van der Waals surface area contributed by atoms with Gasteiger partial charge in [0.1, 0.15) is 0 Å². The highest BCUT2D eigenvalue weighted by Crippen LogP contribution is 2.17. The van der Waals surface area contributed by atoms with Crippen molar-refractivity contribution in [2.75, 3.05) is 33.5 Å². The van der Waals surface area contributed by atoms with Crippen LogP contribution >= 0.6 is 0 Å². The third-order valence-electron chi connectivity index (χ3n) is 3.78. The molecule has 0 radical (unpaired) electrons. The van der Waals surface area contributed by atoms with Gasteiger partial charge in [0, 0.05) is 18.8 Å². The van der Waals surface area contributed by atoms with Crippen molar-refractivity contribution < 1.29 is 14.6 Å². The molecule has 0 bridgehead atoms. The van der Waals surface area contributed by atoms with Crippen LogP contribution in [0.5, 0.6) is 0 Å². The standard InChI is InChI=1S/C13H27NO3/c1-3-13(11-15,14-2)7-5-8-16-10-12-6-4-9-17-12/h12,14-15H,3-11H2,1-2H3. The molecule has 4 heteroatoms. The Morgan fingerprint density at radius 3 is 2.88 bits per heavy atom. The van der Waals surface area contributed by atoms with Crippen molar-refractivity contribution in [2.24, 2.45) is 0 Å². The second-order valence-corrected chi connectivity index (χ2v) is 4.86. The van der Waals surface area contributed by atoms with E-state index in [9.17, 15) is 5.11 Å². The molecule has 0 aromatic heterocycles. The number of ether oxygens (including phenoxy) is 2. The fraction of sp³-hybridized carbons (Fsp3) is 1.00. The van der Waals surface area contributed by atoms with E-state index in [2.05, 4.69) is 12.2 Å². The van der Waals surface area contributed by atoms with Crippen molar-refractivity contribution in [3.05, 3.63) is 0 Å². The molecule has 0 saturated carbocycles. The predicted molar refractivity (Wildman–Crippen MR) is 68.2 cm³/mol. The predicted octanol–water partition coefficient (Wildman–Crippen LogP) is 1.32. The van der Waals surface area contributed by atoms with Crippen molar-refractivity contribution in [2.45, 2.75) is 50.7 Å². The van der Waals surface area contributed by atoms with Gasteiger partial charge in [-0.2, -0.15) is 0 Å². The molecule has 2 N–H and O–H groups in total. The van der Waals surface area contributed by atoms with Crippen LogP contribution in [0.15, 0.2) is 0 Å². The summed E-state index contributed by atoms with van der Waals surface area (Å²) in [6, 6.07) is 0. The Labute approximate surface area is 105 Å². The summed E-state index contributed by atoms with van der Waals surface area (Å²) in [6.45, 7) is 4.64. The van der Waals surface area contributed by atoms with Crippen LogP contribution in [0.25, 0.3) is 0 Å². The van der Waals surface area contributed by atoms with Gasteiger partial charge >= 0.3 is 0 Å². The van der Waals surface area contributed by atoms with Crippen molar-refractivity contribution in [1.29, 1.82) is 0 Å². The largest absolute Gasteiger partial charge is 0.394 e. The summed E-state index contributed by atoms with van der Waals surface area (Å²) in [4.78, 5) is 0. The third kappa shape index (κ3) is 4.92. The smallest absolute Gasteiger partial charge is 0.0809 e. The molecule has 2 atom stereocenters. The first kappa shape index (κ1) is 14.9. The van der Waals surface area contributed by atoms with E-state index < -0.39 is 0 Å². The van der Waals surface area contributed by atoms with Crippen molar-refractivity contribution in [3.63, 3.8) is 0 Å². The number of likely N-dealkylation sites (N-methyl/N-ethyl adjacent to an activating group) is 1. The highest BCUT2D eigenvalue weighted by molar-refractivity contribution is 4.84. The summed E-state index contributed by atoms with van der Waals surface area (Å²) < 4.78 is 11.1. The molecule has 1 heterocycles. The minimum atomic E-state index is -0.132. The maximum atomic E-state index is 9.38. The third-order valence-corrected chi connectivity index (χ3v) is 3.78. The van der Waals surface area contributed by atoms with Crippen LogP contribution in [0.1, 0.15) is 39.0 Å². The van der Waals surface area contributed by atoms with Gasteiger partial charge in [-0.3, -0.25) is 0 Å². The van der Waals surface area contributed by atoms with Crippen molar-refractivity contribution in [1.82, 2.24) is 5.32 Å². The minimum absolute atomic E-state index is 0.132.